The molecular weight excluding hydrogens is 228 g/mol. The minimum Gasteiger partial charge on any atom is -0.479 e. The molecule has 0 aliphatic carbocycles. The Bertz CT molecular complexity index is 414. The fourth-order valence-corrected chi connectivity index (χ4v) is 1.54. The first-order valence-corrected chi connectivity index (χ1v) is 4.96. The fraction of sp³-hybridized carbons (Fsp3) is 0.273. The van der Waals surface area contributed by atoms with Gasteiger partial charge in [-0.1, -0.05) is 12.1 Å². The smallest absolute Gasteiger partial charge is 0.345 e. The highest BCUT2D eigenvalue weighted by molar-refractivity contribution is 5.77. The van der Waals surface area contributed by atoms with E-state index in [2.05, 4.69) is 0 Å². The Morgan fingerprint density at radius 3 is 1.76 bits per heavy atom. The van der Waals surface area contributed by atoms with E-state index in [1.807, 2.05) is 0 Å². The van der Waals surface area contributed by atoms with E-state index >= 15 is 0 Å². The third-order valence-corrected chi connectivity index (χ3v) is 2.37. The predicted octanol–water partition coefficient (Wildman–Crippen LogP) is 0.754. The summed E-state index contributed by atoms with van der Waals surface area (Å²) < 4.78 is 10.4. The Kier molecular flexibility index (Phi) is 2.86. The second-order valence-electron chi connectivity index (χ2n) is 3.57. The van der Waals surface area contributed by atoms with Crippen LogP contribution in [0.15, 0.2) is 24.3 Å². The Hall–Kier alpha value is -2.24. The van der Waals surface area contributed by atoms with Crippen LogP contribution in [0, 0.1) is 0 Å². The van der Waals surface area contributed by atoms with Crippen LogP contribution < -0.4 is 9.47 Å². The van der Waals surface area contributed by atoms with Gasteiger partial charge >= 0.3 is 11.9 Å². The Balaban J connectivity index is 2.35. The number of carboxylic acids is 2. The summed E-state index contributed by atoms with van der Waals surface area (Å²) in [6, 6.07) is 6.38. The first-order valence-electron chi connectivity index (χ1n) is 4.96. The van der Waals surface area contributed by atoms with Crippen molar-refractivity contribution in [3.05, 3.63) is 24.3 Å². The number of hydrogen-bond acceptors (Lipinski definition) is 4. The molecule has 0 spiro atoms. The van der Waals surface area contributed by atoms with E-state index in [4.69, 9.17) is 19.7 Å². The van der Waals surface area contributed by atoms with Crippen LogP contribution in [-0.2, 0) is 9.59 Å². The third kappa shape index (κ3) is 2.30. The number of ether oxygens (including phenoxy) is 2. The first kappa shape index (κ1) is 11.3. The maximum atomic E-state index is 10.9. The Labute approximate surface area is 96.4 Å². The van der Waals surface area contributed by atoms with Gasteiger partial charge < -0.3 is 19.7 Å². The minimum atomic E-state index is -1.22. The molecule has 6 heteroatoms. The maximum absolute atomic E-state index is 10.9. The summed E-state index contributed by atoms with van der Waals surface area (Å²) in [5.41, 5.74) is 0. The molecule has 0 fully saturated rings. The van der Waals surface area contributed by atoms with Gasteiger partial charge in [-0.05, 0) is 12.1 Å². The SMILES string of the molecule is O=C(O)C1CC(C(=O)O)Oc2ccccc2O1. The van der Waals surface area contributed by atoms with Gasteiger partial charge in [0.25, 0.3) is 0 Å². The molecule has 2 N–H and O–H groups in total. The summed E-state index contributed by atoms with van der Waals surface area (Å²) in [5, 5.41) is 17.8. The number of carbonyl (C=O) groups is 2. The number of rotatable bonds is 2. The van der Waals surface area contributed by atoms with Crippen molar-refractivity contribution in [3.63, 3.8) is 0 Å². The van der Waals surface area contributed by atoms with E-state index in [-0.39, 0.29) is 17.9 Å². The van der Waals surface area contributed by atoms with E-state index in [9.17, 15) is 9.59 Å². The summed E-state index contributed by atoms with van der Waals surface area (Å²) >= 11 is 0. The van der Waals surface area contributed by atoms with Crippen LogP contribution in [0.2, 0.25) is 0 Å². The Morgan fingerprint density at radius 2 is 1.41 bits per heavy atom. The van der Waals surface area contributed by atoms with Gasteiger partial charge in [-0.25, -0.2) is 9.59 Å². The number of para-hydroxylation sites is 2. The lowest BCUT2D eigenvalue weighted by Crippen LogP contribution is -2.35. The van der Waals surface area contributed by atoms with E-state index in [1.165, 1.54) is 12.1 Å². The molecule has 0 aromatic heterocycles. The van der Waals surface area contributed by atoms with Gasteiger partial charge in [-0.3, -0.25) is 0 Å². The van der Waals surface area contributed by atoms with Crippen molar-refractivity contribution >= 4 is 11.9 Å². The minimum absolute atomic E-state index is 0.237. The highest BCUT2D eigenvalue weighted by Gasteiger charge is 2.34. The fourth-order valence-electron chi connectivity index (χ4n) is 1.54. The van der Waals surface area contributed by atoms with Crippen molar-refractivity contribution in [1.82, 2.24) is 0 Å². The molecule has 0 amide bonds. The summed E-state index contributed by atoms with van der Waals surface area (Å²) in [6.07, 6.45) is -2.68. The molecule has 6 nitrogen and oxygen atoms in total. The molecule has 17 heavy (non-hydrogen) atoms. The lowest BCUT2D eigenvalue weighted by Gasteiger charge is -2.12. The van der Waals surface area contributed by atoms with Crippen molar-refractivity contribution in [3.8, 4) is 11.5 Å². The molecular formula is C11H10O6. The average molecular weight is 238 g/mol. The third-order valence-electron chi connectivity index (χ3n) is 2.37. The van der Waals surface area contributed by atoms with Crippen LogP contribution in [0.5, 0.6) is 11.5 Å². The Morgan fingerprint density at radius 1 is 1.00 bits per heavy atom. The lowest BCUT2D eigenvalue weighted by molar-refractivity contribution is -0.149. The van der Waals surface area contributed by atoms with Crippen molar-refractivity contribution < 1.29 is 29.3 Å². The zero-order valence-electron chi connectivity index (χ0n) is 8.70. The van der Waals surface area contributed by atoms with Gasteiger partial charge in [-0.2, -0.15) is 0 Å². The van der Waals surface area contributed by atoms with E-state index in [0.717, 1.165) is 0 Å². The average Bonchev–Trinajstić information content (AvgIpc) is 2.47. The maximum Gasteiger partial charge on any atom is 0.345 e. The van der Waals surface area contributed by atoms with E-state index in [0.29, 0.717) is 0 Å². The molecule has 1 aromatic carbocycles. The van der Waals surface area contributed by atoms with Crippen LogP contribution in [0.3, 0.4) is 0 Å². The van der Waals surface area contributed by atoms with Crippen LogP contribution in [0.1, 0.15) is 6.42 Å². The molecule has 90 valence electrons. The van der Waals surface area contributed by atoms with Gasteiger partial charge in [0.15, 0.2) is 23.7 Å². The first-order chi connectivity index (χ1) is 8.08. The zero-order valence-corrected chi connectivity index (χ0v) is 8.70. The predicted molar refractivity (Wildman–Crippen MR) is 55.2 cm³/mol. The van der Waals surface area contributed by atoms with Crippen molar-refractivity contribution in [1.29, 1.82) is 0 Å². The quantitative estimate of drug-likeness (QED) is 0.789. The number of carboxylic acid groups (broad SMARTS) is 2. The molecule has 0 saturated carbocycles. The largest absolute Gasteiger partial charge is 0.479 e. The number of hydrogen-bond donors (Lipinski definition) is 2. The molecule has 2 atom stereocenters. The molecule has 1 heterocycles. The molecule has 0 radical (unpaired) electrons. The second kappa shape index (κ2) is 4.32. The monoisotopic (exact) mass is 238 g/mol. The number of benzene rings is 1. The summed E-state index contributed by atoms with van der Waals surface area (Å²) in [5.74, 6) is -1.94. The van der Waals surface area contributed by atoms with Crippen LogP contribution in [0.25, 0.3) is 0 Å². The topological polar surface area (TPSA) is 93.1 Å². The van der Waals surface area contributed by atoms with Crippen LogP contribution >= 0.6 is 0 Å². The van der Waals surface area contributed by atoms with Gasteiger partial charge in [0.05, 0.1) is 0 Å². The van der Waals surface area contributed by atoms with E-state index < -0.39 is 24.1 Å². The highest BCUT2D eigenvalue weighted by Crippen LogP contribution is 2.32. The van der Waals surface area contributed by atoms with Crippen molar-refractivity contribution in [2.24, 2.45) is 0 Å². The molecule has 0 bridgehead atoms. The number of aliphatic carboxylic acids is 2. The standard InChI is InChI=1S/C11H10O6/c12-10(13)8-5-9(11(14)15)17-7-4-2-1-3-6(7)16-8/h1-4,8-9H,5H2,(H,12,13)(H,14,15). The molecule has 1 aliphatic heterocycles. The van der Waals surface area contributed by atoms with Crippen LogP contribution in [-0.4, -0.2) is 34.4 Å². The van der Waals surface area contributed by atoms with Crippen molar-refractivity contribution in [2.45, 2.75) is 18.6 Å². The summed E-state index contributed by atoms with van der Waals surface area (Å²) in [6.45, 7) is 0. The van der Waals surface area contributed by atoms with Crippen LogP contribution in [0.4, 0.5) is 0 Å². The lowest BCUT2D eigenvalue weighted by atomic mass is 10.1. The van der Waals surface area contributed by atoms with Gasteiger partial charge in [0.2, 0.25) is 0 Å². The zero-order chi connectivity index (χ0) is 12.4. The molecule has 2 unspecified atom stereocenters. The molecule has 1 aliphatic rings. The van der Waals surface area contributed by atoms with Gasteiger partial charge in [-0.15, -0.1) is 0 Å². The highest BCUT2D eigenvalue weighted by atomic mass is 16.6. The summed E-state index contributed by atoms with van der Waals surface area (Å²) in [7, 11) is 0. The van der Waals surface area contributed by atoms with Crippen molar-refractivity contribution in [2.75, 3.05) is 0 Å². The number of fused-ring (bicyclic) bond motifs is 1. The van der Waals surface area contributed by atoms with E-state index in [1.54, 1.807) is 12.1 Å². The van der Waals surface area contributed by atoms with Gasteiger partial charge in [0, 0.05) is 6.42 Å². The summed E-state index contributed by atoms with van der Waals surface area (Å²) in [4.78, 5) is 21.8. The molecule has 2 rings (SSSR count). The molecule has 1 aromatic rings. The second-order valence-corrected chi connectivity index (χ2v) is 3.57. The van der Waals surface area contributed by atoms with Gasteiger partial charge in [0.1, 0.15) is 0 Å². The normalized spacial score (nSPS) is 22.6. The molecule has 0 saturated heterocycles.